The molecule has 0 radical (unpaired) electrons. The number of rotatable bonds is 6. The normalized spacial score (nSPS) is 18.2. The molecule has 2 aromatic carbocycles. The molecule has 1 fully saturated rings. The van der Waals surface area contributed by atoms with Gasteiger partial charge in [0.2, 0.25) is 5.95 Å². The number of aliphatic hydroxyl groups excluding tert-OH is 1. The minimum atomic E-state index is -0.266. The van der Waals surface area contributed by atoms with Crippen LogP contribution in [0.4, 0.5) is 16.2 Å². The number of hydrogen-bond acceptors (Lipinski definition) is 6. The third kappa shape index (κ3) is 5.16. The molecule has 3 aromatic rings. The summed E-state index contributed by atoms with van der Waals surface area (Å²) in [6.07, 6.45) is 4.44. The summed E-state index contributed by atoms with van der Waals surface area (Å²) in [6.45, 7) is 0.481. The van der Waals surface area contributed by atoms with Gasteiger partial charge in [-0.25, -0.2) is 9.37 Å². The molecule has 158 valence electrons. The molecular formula is C24H24FN5O. The van der Waals surface area contributed by atoms with E-state index in [-0.39, 0.29) is 18.0 Å². The molecule has 0 unspecified atom stereocenters. The minimum Gasteiger partial charge on any atom is -0.393 e. The second-order valence-corrected chi connectivity index (χ2v) is 7.74. The summed E-state index contributed by atoms with van der Waals surface area (Å²) in [4.78, 5) is 8.79. The predicted octanol–water partition coefficient (Wildman–Crippen LogP) is 4.48. The Morgan fingerprint density at radius 3 is 2.55 bits per heavy atom. The van der Waals surface area contributed by atoms with Crippen LogP contribution in [0.25, 0.3) is 11.1 Å². The summed E-state index contributed by atoms with van der Waals surface area (Å²) >= 11 is 0. The van der Waals surface area contributed by atoms with E-state index >= 15 is 0 Å². The van der Waals surface area contributed by atoms with Crippen LogP contribution in [0.2, 0.25) is 0 Å². The van der Waals surface area contributed by atoms with Gasteiger partial charge in [0.15, 0.2) is 0 Å². The summed E-state index contributed by atoms with van der Waals surface area (Å²) < 4.78 is 13.3. The molecule has 4 rings (SSSR count). The van der Waals surface area contributed by atoms with Crippen LogP contribution < -0.4 is 10.6 Å². The van der Waals surface area contributed by atoms with Gasteiger partial charge in [-0.3, -0.25) is 0 Å². The van der Waals surface area contributed by atoms with Crippen LogP contribution in [0.15, 0.2) is 54.7 Å². The van der Waals surface area contributed by atoms with Gasteiger partial charge in [-0.15, -0.1) is 0 Å². The van der Waals surface area contributed by atoms with Crippen molar-refractivity contribution in [2.75, 3.05) is 10.6 Å². The third-order valence-electron chi connectivity index (χ3n) is 5.56. The first-order valence-corrected chi connectivity index (χ1v) is 10.4. The van der Waals surface area contributed by atoms with E-state index in [1.807, 2.05) is 24.3 Å². The summed E-state index contributed by atoms with van der Waals surface area (Å²) in [7, 11) is 0. The lowest BCUT2D eigenvalue weighted by Crippen LogP contribution is -2.29. The lowest BCUT2D eigenvalue weighted by atomic mass is 9.93. The molecule has 0 atom stereocenters. The van der Waals surface area contributed by atoms with E-state index in [0.717, 1.165) is 42.4 Å². The first-order valence-electron chi connectivity index (χ1n) is 10.4. The van der Waals surface area contributed by atoms with Gasteiger partial charge in [-0.2, -0.15) is 10.2 Å². The second-order valence-electron chi connectivity index (χ2n) is 7.74. The van der Waals surface area contributed by atoms with Crippen LogP contribution in [0, 0.1) is 17.1 Å². The first-order chi connectivity index (χ1) is 15.1. The smallest absolute Gasteiger partial charge is 0.224 e. The van der Waals surface area contributed by atoms with Gasteiger partial charge in [-0.05, 0) is 54.5 Å². The fraction of sp³-hybridized carbons (Fsp3) is 0.292. The molecule has 0 amide bonds. The Bertz CT molecular complexity index is 1070. The molecular weight excluding hydrogens is 393 g/mol. The quantitative estimate of drug-likeness (QED) is 0.547. The van der Waals surface area contributed by atoms with Gasteiger partial charge in [0, 0.05) is 12.6 Å². The van der Waals surface area contributed by atoms with Crippen LogP contribution in [0.3, 0.4) is 0 Å². The number of anilines is 2. The Kier molecular flexibility index (Phi) is 6.39. The number of nitriles is 1. The summed E-state index contributed by atoms with van der Waals surface area (Å²) in [5.41, 5.74) is 3.35. The lowest BCUT2D eigenvalue weighted by Gasteiger charge is -2.26. The van der Waals surface area contributed by atoms with Crippen molar-refractivity contribution < 1.29 is 9.50 Å². The van der Waals surface area contributed by atoms with Crippen LogP contribution in [-0.2, 0) is 6.54 Å². The number of aromatic nitrogens is 2. The van der Waals surface area contributed by atoms with E-state index in [2.05, 4.69) is 26.7 Å². The number of nitrogens with zero attached hydrogens (tertiary/aromatic N) is 3. The van der Waals surface area contributed by atoms with Crippen molar-refractivity contribution in [2.24, 2.45) is 0 Å². The van der Waals surface area contributed by atoms with Crippen molar-refractivity contribution in [3.8, 4) is 17.2 Å². The van der Waals surface area contributed by atoms with Gasteiger partial charge in [0.1, 0.15) is 23.3 Å². The highest BCUT2D eigenvalue weighted by atomic mass is 19.1. The van der Waals surface area contributed by atoms with Crippen molar-refractivity contribution in [1.29, 1.82) is 5.26 Å². The largest absolute Gasteiger partial charge is 0.393 e. The number of halogens is 1. The standard InChI is InChI=1S/C24H24FN5O/c25-19-7-5-16(6-8-19)22-4-2-1-3-17(22)14-27-24-28-15-18(13-26)23(30-24)29-20-9-11-21(31)12-10-20/h1-8,15,20-21,31H,9-12,14H2,(H2,27,28,29,30)/t20-,21+. The fourth-order valence-electron chi connectivity index (χ4n) is 3.83. The molecule has 0 saturated heterocycles. The monoisotopic (exact) mass is 417 g/mol. The molecule has 1 saturated carbocycles. The van der Waals surface area contributed by atoms with Gasteiger partial charge in [0.25, 0.3) is 0 Å². The van der Waals surface area contributed by atoms with Gasteiger partial charge < -0.3 is 15.7 Å². The highest BCUT2D eigenvalue weighted by molar-refractivity contribution is 5.67. The van der Waals surface area contributed by atoms with E-state index in [0.29, 0.717) is 23.9 Å². The lowest BCUT2D eigenvalue weighted by molar-refractivity contribution is 0.126. The SMILES string of the molecule is N#Cc1cnc(NCc2ccccc2-c2ccc(F)cc2)nc1N[C@H]1CC[C@@H](O)CC1. The zero-order chi connectivity index (χ0) is 21.6. The number of hydrogen-bond donors (Lipinski definition) is 3. The molecule has 3 N–H and O–H groups in total. The van der Waals surface area contributed by atoms with E-state index in [9.17, 15) is 14.8 Å². The van der Waals surface area contributed by atoms with Crippen molar-refractivity contribution >= 4 is 11.8 Å². The average Bonchev–Trinajstić information content (AvgIpc) is 2.80. The Morgan fingerprint density at radius 1 is 1.06 bits per heavy atom. The zero-order valence-electron chi connectivity index (χ0n) is 17.1. The number of benzene rings is 2. The molecule has 1 aromatic heterocycles. The number of aliphatic hydroxyl groups is 1. The molecule has 0 bridgehead atoms. The average molecular weight is 417 g/mol. The fourth-order valence-corrected chi connectivity index (χ4v) is 3.83. The van der Waals surface area contributed by atoms with Crippen molar-refractivity contribution in [3.05, 3.63) is 71.7 Å². The molecule has 31 heavy (non-hydrogen) atoms. The maximum Gasteiger partial charge on any atom is 0.224 e. The Morgan fingerprint density at radius 2 is 1.81 bits per heavy atom. The van der Waals surface area contributed by atoms with Crippen molar-refractivity contribution in [3.63, 3.8) is 0 Å². The zero-order valence-corrected chi connectivity index (χ0v) is 17.1. The molecule has 6 nitrogen and oxygen atoms in total. The summed E-state index contributed by atoms with van der Waals surface area (Å²) in [6, 6.07) is 16.6. The Labute approximate surface area is 180 Å². The highest BCUT2D eigenvalue weighted by Gasteiger charge is 2.21. The molecule has 0 aliphatic heterocycles. The predicted molar refractivity (Wildman–Crippen MR) is 118 cm³/mol. The minimum absolute atomic E-state index is 0.178. The molecule has 1 heterocycles. The summed E-state index contributed by atoms with van der Waals surface area (Å²) in [5.74, 6) is 0.664. The molecule has 0 spiro atoms. The van der Waals surface area contributed by atoms with Crippen LogP contribution >= 0.6 is 0 Å². The Hall–Kier alpha value is -3.50. The third-order valence-corrected chi connectivity index (χ3v) is 5.56. The first kappa shape index (κ1) is 20.8. The van der Waals surface area contributed by atoms with Crippen LogP contribution in [0.5, 0.6) is 0 Å². The highest BCUT2D eigenvalue weighted by Crippen LogP contribution is 2.26. The molecule has 7 heteroatoms. The van der Waals surface area contributed by atoms with E-state index in [1.54, 1.807) is 12.1 Å². The second kappa shape index (κ2) is 9.54. The maximum absolute atomic E-state index is 13.3. The number of nitrogens with one attached hydrogen (secondary N) is 2. The van der Waals surface area contributed by atoms with Crippen LogP contribution in [-0.4, -0.2) is 27.2 Å². The van der Waals surface area contributed by atoms with Gasteiger partial charge in [0.05, 0.1) is 12.3 Å². The van der Waals surface area contributed by atoms with Crippen molar-refractivity contribution in [1.82, 2.24) is 9.97 Å². The van der Waals surface area contributed by atoms with Gasteiger partial charge in [-0.1, -0.05) is 36.4 Å². The van der Waals surface area contributed by atoms with Crippen molar-refractivity contribution in [2.45, 2.75) is 44.4 Å². The topological polar surface area (TPSA) is 93.9 Å². The molecule has 1 aliphatic rings. The van der Waals surface area contributed by atoms with E-state index in [4.69, 9.17) is 0 Å². The Balaban J connectivity index is 1.49. The molecule has 1 aliphatic carbocycles. The summed E-state index contributed by atoms with van der Waals surface area (Å²) in [5, 5.41) is 25.7. The van der Waals surface area contributed by atoms with Crippen LogP contribution in [0.1, 0.15) is 36.8 Å². The van der Waals surface area contributed by atoms with Gasteiger partial charge >= 0.3 is 0 Å². The maximum atomic E-state index is 13.3. The van der Waals surface area contributed by atoms with E-state index < -0.39 is 0 Å². The van der Waals surface area contributed by atoms with E-state index in [1.165, 1.54) is 18.3 Å².